The smallest absolute Gasteiger partial charge is 0.457 e. The van der Waals surface area contributed by atoms with Crippen molar-refractivity contribution in [2.75, 3.05) is 13.1 Å². The molecule has 0 aromatic heterocycles. The molecule has 1 unspecified atom stereocenters. The van der Waals surface area contributed by atoms with Crippen molar-refractivity contribution < 1.29 is 37.9 Å². The Bertz CT molecular complexity index is 1350. The molecule has 2 aliphatic heterocycles. The summed E-state index contributed by atoms with van der Waals surface area (Å²) in [6.45, 7) is 17.8. The molecule has 0 bridgehead atoms. The third kappa shape index (κ3) is 10.3. The van der Waals surface area contributed by atoms with Crippen molar-refractivity contribution >= 4 is 31.2 Å². The first-order valence-electron chi connectivity index (χ1n) is 15.9. The van der Waals surface area contributed by atoms with Crippen LogP contribution in [0.3, 0.4) is 0 Å². The molecule has 1 aromatic carbocycles. The lowest BCUT2D eigenvalue weighted by Gasteiger charge is -2.32. The van der Waals surface area contributed by atoms with Gasteiger partial charge in [-0.15, -0.1) is 4.99 Å². The van der Waals surface area contributed by atoms with E-state index in [4.69, 9.17) is 23.5 Å². The Morgan fingerprint density at radius 3 is 2.17 bits per heavy atom. The summed E-state index contributed by atoms with van der Waals surface area (Å²) in [6.07, 6.45) is -0.378. The van der Waals surface area contributed by atoms with Crippen LogP contribution >= 0.6 is 0 Å². The van der Waals surface area contributed by atoms with Gasteiger partial charge in [0.15, 0.2) is 5.54 Å². The highest BCUT2D eigenvalue weighted by molar-refractivity contribution is 6.45. The van der Waals surface area contributed by atoms with E-state index in [-0.39, 0.29) is 25.7 Å². The molecule has 2 amide bonds. The van der Waals surface area contributed by atoms with E-state index in [2.05, 4.69) is 20.3 Å². The molecule has 1 aromatic rings. The molecule has 47 heavy (non-hydrogen) atoms. The lowest BCUT2D eigenvalue weighted by atomic mass is 9.78. The summed E-state index contributed by atoms with van der Waals surface area (Å²) in [5, 5.41) is 6.58. The summed E-state index contributed by atoms with van der Waals surface area (Å²) < 4.78 is 28.8. The average Bonchev–Trinajstić information content (AvgIpc) is 3.38. The van der Waals surface area contributed by atoms with E-state index < -0.39 is 59.1 Å². The van der Waals surface area contributed by atoms with Gasteiger partial charge < -0.3 is 28.4 Å². The van der Waals surface area contributed by atoms with Crippen molar-refractivity contribution in [1.29, 1.82) is 0 Å². The Morgan fingerprint density at radius 1 is 1.02 bits per heavy atom. The lowest BCUT2D eigenvalue weighted by Crippen LogP contribution is -2.49. The van der Waals surface area contributed by atoms with E-state index in [1.165, 1.54) is 4.90 Å². The number of ether oxygens (including phenoxy) is 3. The van der Waals surface area contributed by atoms with Crippen LogP contribution in [-0.2, 0) is 34.9 Å². The molecule has 0 radical (unpaired) electrons. The SMILES string of the molecule is CC(C)(C)OC(=O)N=C(NC(=O)OC(C)(C)C)N1C[C@H](CCCB2OC(C)(C)C(C)(C)O2)C(N=[N+]=[N-])(C(=O)OCc2ccccc2)C1. The van der Waals surface area contributed by atoms with Crippen LogP contribution in [0.25, 0.3) is 10.4 Å². The summed E-state index contributed by atoms with van der Waals surface area (Å²) in [7, 11) is -0.463. The van der Waals surface area contributed by atoms with E-state index in [9.17, 15) is 19.9 Å². The summed E-state index contributed by atoms with van der Waals surface area (Å²) in [5.74, 6) is -1.56. The normalized spacial score (nSPS) is 22.3. The standard InChI is InChI=1S/C32H49BN6O8/c1-28(2,3)44-26(41)35-25(36-27(42)45-29(4,5)6)39-19-23(17-14-18-33-46-30(7,8)31(9,10)47-33)32(21-39,37-38-34)24(40)43-20-22-15-12-11-13-16-22/h11-13,15-16,23H,14,17-21H2,1-10H3,(H,35,36,41,42)/t23-,32?/m0/s1. The maximum Gasteiger partial charge on any atom is 0.457 e. The molecule has 2 aliphatic rings. The van der Waals surface area contributed by atoms with E-state index in [1.807, 2.05) is 58.0 Å². The number of carbonyl (C=O) groups excluding carboxylic acids is 3. The number of likely N-dealkylation sites (tertiary alicyclic amines) is 1. The van der Waals surface area contributed by atoms with Gasteiger partial charge in [-0.3, -0.25) is 10.1 Å². The Balaban J connectivity index is 1.94. The van der Waals surface area contributed by atoms with Crippen molar-refractivity contribution in [3.8, 4) is 0 Å². The van der Waals surface area contributed by atoms with Gasteiger partial charge in [0, 0.05) is 23.9 Å². The minimum absolute atomic E-state index is 0.0436. The fourth-order valence-electron chi connectivity index (χ4n) is 5.26. The number of guanidine groups is 1. The predicted molar refractivity (Wildman–Crippen MR) is 176 cm³/mol. The number of nitrogens with zero attached hydrogens (tertiary/aromatic N) is 5. The molecule has 0 spiro atoms. The molecular weight excluding hydrogens is 607 g/mol. The zero-order chi connectivity index (χ0) is 35.3. The second-order valence-electron chi connectivity index (χ2n) is 14.9. The number of carbonyl (C=O) groups is 3. The first-order valence-corrected chi connectivity index (χ1v) is 15.9. The van der Waals surface area contributed by atoms with Crippen LogP contribution in [0, 0.1) is 5.92 Å². The number of nitrogens with one attached hydrogen (secondary N) is 1. The molecule has 3 rings (SSSR count). The Labute approximate surface area is 277 Å². The summed E-state index contributed by atoms with van der Waals surface area (Å²) in [4.78, 5) is 48.3. The maximum absolute atomic E-state index is 13.9. The summed E-state index contributed by atoms with van der Waals surface area (Å²) >= 11 is 0. The number of esters is 1. The third-order valence-electron chi connectivity index (χ3n) is 8.13. The van der Waals surface area contributed by atoms with Crippen LogP contribution in [0.5, 0.6) is 0 Å². The van der Waals surface area contributed by atoms with E-state index in [0.717, 1.165) is 5.56 Å². The highest BCUT2D eigenvalue weighted by Gasteiger charge is 2.55. The minimum Gasteiger partial charge on any atom is -0.460 e. The molecular formula is C32H49BN6O8. The quantitative estimate of drug-likeness (QED) is 0.0485. The average molecular weight is 657 g/mol. The maximum atomic E-state index is 13.9. The van der Waals surface area contributed by atoms with Gasteiger partial charge in [-0.25, -0.2) is 9.59 Å². The highest BCUT2D eigenvalue weighted by atomic mass is 16.7. The van der Waals surface area contributed by atoms with Crippen LogP contribution in [-0.4, -0.2) is 77.2 Å². The van der Waals surface area contributed by atoms with Gasteiger partial charge in [-0.2, -0.15) is 0 Å². The van der Waals surface area contributed by atoms with Crippen LogP contribution < -0.4 is 5.32 Å². The predicted octanol–water partition coefficient (Wildman–Crippen LogP) is 6.40. The zero-order valence-corrected chi connectivity index (χ0v) is 29.3. The van der Waals surface area contributed by atoms with E-state index >= 15 is 0 Å². The molecule has 0 aliphatic carbocycles. The third-order valence-corrected chi connectivity index (χ3v) is 8.13. The number of hydrogen-bond donors (Lipinski definition) is 1. The van der Waals surface area contributed by atoms with Gasteiger partial charge in [0.2, 0.25) is 5.96 Å². The second-order valence-corrected chi connectivity index (χ2v) is 14.9. The van der Waals surface area contributed by atoms with Crippen molar-refractivity contribution in [3.63, 3.8) is 0 Å². The first kappa shape index (κ1) is 37.7. The second kappa shape index (κ2) is 14.5. The molecule has 1 N–H and O–H groups in total. The fourth-order valence-corrected chi connectivity index (χ4v) is 5.26. The number of benzene rings is 1. The van der Waals surface area contributed by atoms with Crippen LogP contribution in [0.15, 0.2) is 40.4 Å². The van der Waals surface area contributed by atoms with Crippen LogP contribution in [0.4, 0.5) is 9.59 Å². The van der Waals surface area contributed by atoms with E-state index in [1.54, 1.807) is 41.5 Å². The number of alkyl carbamates (subject to hydrolysis) is 1. The number of rotatable bonds is 8. The number of amides is 2. The van der Waals surface area contributed by atoms with E-state index in [0.29, 0.717) is 19.2 Å². The number of hydrogen-bond acceptors (Lipinski definition) is 9. The monoisotopic (exact) mass is 656 g/mol. The largest absolute Gasteiger partial charge is 0.460 e. The molecule has 2 saturated heterocycles. The van der Waals surface area contributed by atoms with Gasteiger partial charge in [0.1, 0.15) is 17.8 Å². The first-order chi connectivity index (χ1) is 21.7. The van der Waals surface area contributed by atoms with Crippen molar-refractivity contribution in [3.05, 3.63) is 46.3 Å². The van der Waals surface area contributed by atoms with Crippen LogP contribution in [0.1, 0.15) is 87.6 Å². The minimum atomic E-state index is -1.72. The number of aliphatic imine (C=N–C) groups is 1. The lowest BCUT2D eigenvalue weighted by molar-refractivity contribution is -0.152. The summed E-state index contributed by atoms with van der Waals surface area (Å²) in [6, 6.07) is 9.12. The molecule has 258 valence electrons. The van der Waals surface area contributed by atoms with Crippen molar-refractivity contribution in [2.24, 2.45) is 16.0 Å². The van der Waals surface area contributed by atoms with Crippen molar-refractivity contribution in [2.45, 2.75) is 123 Å². The van der Waals surface area contributed by atoms with Gasteiger partial charge in [-0.05, 0) is 93.1 Å². The Hall–Kier alpha value is -3.81. The van der Waals surface area contributed by atoms with Gasteiger partial charge >= 0.3 is 25.3 Å². The van der Waals surface area contributed by atoms with Gasteiger partial charge in [-0.1, -0.05) is 41.9 Å². The summed E-state index contributed by atoms with van der Waals surface area (Å²) in [5.41, 5.74) is 6.04. The Morgan fingerprint density at radius 2 is 1.62 bits per heavy atom. The molecule has 2 atom stereocenters. The fraction of sp³-hybridized carbons (Fsp3) is 0.688. The molecule has 2 fully saturated rings. The van der Waals surface area contributed by atoms with Gasteiger partial charge in [0.25, 0.3) is 0 Å². The van der Waals surface area contributed by atoms with Crippen LogP contribution in [0.2, 0.25) is 6.32 Å². The highest BCUT2D eigenvalue weighted by Crippen LogP contribution is 2.40. The van der Waals surface area contributed by atoms with Gasteiger partial charge in [0.05, 0.1) is 11.2 Å². The molecule has 15 heteroatoms. The number of azide groups is 1. The van der Waals surface area contributed by atoms with Crippen molar-refractivity contribution in [1.82, 2.24) is 10.2 Å². The Kier molecular flexibility index (Phi) is 11.6. The molecule has 14 nitrogen and oxygen atoms in total. The molecule has 2 heterocycles. The zero-order valence-electron chi connectivity index (χ0n) is 29.3. The molecule has 0 saturated carbocycles. The topological polar surface area (TPSA) is 174 Å².